The first-order chi connectivity index (χ1) is 10.1. The minimum absolute atomic E-state index is 0.274. The Bertz CT molecular complexity index is 730. The van der Waals surface area contributed by atoms with E-state index in [0.717, 1.165) is 17.0 Å². The number of rotatable bonds is 4. The molecular weight excluding hydrogens is 291 g/mol. The van der Waals surface area contributed by atoms with E-state index in [4.69, 9.17) is 8.83 Å². The normalized spacial score (nSPS) is 11.0. The molecule has 0 saturated heterocycles. The highest BCUT2D eigenvalue weighted by Gasteiger charge is 2.10. The quantitative estimate of drug-likeness (QED) is 0.670. The van der Waals surface area contributed by atoms with Crippen LogP contribution in [0.2, 0.25) is 0 Å². The highest BCUT2D eigenvalue weighted by molar-refractivity contribution is 7.98. The third-order valence-electron chi connectivity index (χ3n) is 3.01. The van der Waals surface area contributed by atoms with Crippen LogP contribution in [0.15, 0.2) is 44.5 Å². The van der Waals surface area contributed by atoms with Crippen molar-refractivity contribution in [2.24, 2.45) is 0 Å². The summed E-state index contributed by atoms with van der Waals surface area (Å²) in [6.07, 6.45) is 1.63. The van der Waals surface area contributed by atoms with Crippen LogP contribution < -0.4 is 0 Å². The lowest BCUT2D eigenvalue weighted by Crippen LogP contribution is -1.79. The standard InChI is InChI=1S/C15H13FN2O2S/c1-9-10(2)19-15(18-9)21-8-14-17-7-13(20-14)11-3-5-12(16)6-4-11/h3-7H,8H2,1-2H3. The summed E-state index contributed by atoms with van der Waals surface area (Å²) in [6.45, 7) is 3.78. The van der Waals surface area contributed by atoms with E-state index in [1.165, 1.54) is 23.9 Å². The topological polar surface area (TPSA) is 52.1 Å². The summed E-state index contributed by atoms with van der Waals surface area (Å²) < 4.78 is 24.0. The van der Waals surface area contributed by atoms with E-state index in [-0.39, 0.29) is 5.82 Å². The van der Waals surface area contributed by atoms with Crippen molar-refractivity contribution >= 4 is 11.8 Å². The van der Waals surface area contributed by atoms with Crippen LogP contribution in [0, 0.1) is 19.7 Å². The Hall–Kier alpha value is -2.08. The molecule has 0 bridgehead atoms. The second kappa shape index (κ2) is 5.73. The highest BCUT2D eigenvalue weighted by Crippen LogP contribution is 2.26. The number of aromatic nitrogens is 2. The van der Waals surface area contributed by atoms with Gasteiger partial charge in [0, 0.05) is 5.56 Å². The van der Waals surface area contributed by atoms with Gasteiger partial charge in [-0.15, -0.1) is 0 Å². The van der Waals surface area contributed by atoms with Gasteiger partial charge in [-0.05, 0) is 38.1 Å². The zero-order valence-corrected chi connectivity index (χ0v) is 12.4. The van der Waals surface area contributed by atoms with Gasteiger partial charge >= 0.3 is 0 Å². The van der Waals surface area contributed by atoms with E-state index in [0.29, 0.717) is 22.6 Å². The molecule has 0 N–H and O–H groups in total. The van der Waals surface area contributed by atoms with Gasteiger partial charge in [0.2, 0.25) is 5.89 Å². The lowest BCUT2D eigenvalue weighted by atomic mass is 10.2. The summed E-state index contributed by atoms with van der Waals surface area (Å²) in [5, 5.41) is 0.603. The molecule has 3 aromatic rings. The largest absolute Gasteiger partial charge is 0.440 e. The lowest BCUT2D eigenvalue weighted by molar-refractivity contribution is 0.430. The molecule has 0 amide bonds. The first-order valence-corrected chi connectivity index (χ1v) is 7.38. The molecule has 0 radical (unpaired) electrons. The number of thioether (sulfide) groups is 1. The van der Waals surface area contributed by atoms with E-state index >= 15 is 0 Å². The van der Waals surface area contributed by atoms with Gasteiger partial charge in [-0.1, -0.05) is 11.8 Å². The van der Waals surface area contributed by atoms with Crippen LogP contribution in [0.1, 0.15) is 17.3 Å². The molecule has 4 nitrogen and oxygen atoms in total. The smallest absolute Gasteiger partial charge is 0.256 e. The number of halogens is 1. The third-order valence-corrected chi connectivity index (χ3v) is 3.82. The Morgan fingerprint density at radius 3 is 2.57 bits per heavy atom. The summed E-state index contributed by atoms with van der Waals surface area (Å²) >= 11 is 1.43. The second-order valence-electron chi connectivity index (χ2n) is 4.54. The van der Waals surface area contributed by atoms with Gasteiger partial charge < -0.3 is 8.83 Å². The SMILES string of the molecule is Cc1nc(SCc2ncc(-c3ccc(F)cc3)o2)oc1C. The van der Waals surface area contributed by atoms with Gasteiger partial charge in [-0.25, -0.2) is 14.4 Å². The molecule has 0 aliphatic heterocycles. The van der Waals surface area contributed by atoms with Crippen molar-refractivity contribution in [3.8, 4) is 11.3 Å². The molecule has 0 aliphatic carbocycles. The molecule has 0 atom stereocenters. The van der Waals surface area contributed by atoms with Crippen molar-refractivity contribution in [1.82, 2.24) is 9.97 Å². The zero-order chi connectivity index (χ0) is 14.8. The van der Waals surface area contributed by atoms with Gasteiger partial charge in [0.05, 0.1) is 17.6 Å². The van der Waals surface area contributed by atoms with Gasteiger partial charge in [-0.3, -0.25) is 0 Å². The number of hydrogen-bond donors (Lipinski definition) is 0. The average Bonchev–Trinajstić information content (AvgIpc) is 3.05. The molecular formula is C15H13FN2O2S. The van der Waals surface area contributed by atoms with E-state index in [2.05, 4.69) is 9.97 Å². The Morgan fingerprint density at radius 2 is 1.90 bits per heavy atom. The minimum atomic E-state index is -0.274. The van der Waals surface area contributed by atoms with Crippen LogP contribution in [0.25, 0.3) is 11.3 Å². The molecule has 0 aliphatic rings. The molecule has 21 heavy (non-hydrogen) atoms. The number of oxazole rings is 2. The van der Waals surface area contributed by atoms with E-state index in [9.17, 15) is 4.39 Å². The minimum Gasteiger partial charge on any atom is -0.440 e. The fraction of sp³-hybridized carbons (Fsp3) is 0.200. The van der Waals surface area contributed by atoms with Crippen LogP contribution >= 0.6 is 11.8 Å². The van der Waals surface area contributed by atoms with Gasteiger partial charge in [0.1, 0.15) is 11.6 Å². The maximum absolute atomic E-state index is 12.9. The third kappa shape index (κ3) is 3.16. The number of aryl methyl sites for hydroxylation is 2. The molecule has 0 spiro atoms. The van der Waals surface area contributed by atoms with Crippen LogP contribution in [0.4, 0.5) is 4.39 Å². The Labute approximate surface area is 125 Å². The number of nitrogens with zero attached hydrogens (tertiary/aromatic N) is 2. The molecule has 108 valence electrons. The van der Waals surface area contributed by atoms with Crippen LogP contribution in [-0.2, 0) is 5.75 Å². The monoisotopic (exact) mass is 304 g/mol. The van der Waals surface area contributed by atoms with Gasteiger partial charge in [-0.2, -0.15) is 0 Å². The summed E-state index contributed by atoms with van der Waals surface area (Å²) in [5.41, 5.74) is 1.68. The predicted octanol–water partition coefficient (Wildman–Crippen LogP) is 4.38. The van der Waals surface area contributed by atoms with Crippen LogP contribution in [-0.4, -0.2) is 9.97 Å². The van der Waals surface area contributed by atoms with Crippen molar-refractivity contribution in [1.29, 1.82) is 0 Å². The van der Waals surface area contributed by atoms with Crippen molar-refractivity contribution in [2.45, 2.75) is 24.8 Å². The molecule has 2 aromatic heterocycles. The molecule has 3 rings (SSSR count). The molecule has 1 aromatic carbocycles. The van der Waals surface area contributed by atoms with Crippen molar-refractivity contribution in [3.63, 3.8) is 0 Å². The Morgan fingerprint density at radius 1 is 1.14 bits per heavy atom. The Kier molecular flexibility index (Phi) is 3.79. The molecule has 0 saturated carbocycles. The first-order valence-electron chi connectivity index (χ1n) is 6.39. The summed E-state index contributed by atoms with van der Waals surface area (Å²) in [7, 11) is 0. The summed E-state index contributed by atoms with van der Waals surface area (Å²) in [6, 6.07) is 6.11. The first kappa shape index (κ1) is 13.9. The second-order valence-corrected chi connectivity index (χ2v) is 5.46. The summed E-state index contributed by atoms with van der Waals surface area (Å²) in [5.74, 6) is 2.26. The molecule has 6 heteroatoms. The van der Waals surface area contributed by atoms with Gasteiger partial charge in [0.15, 0.2) is 5.76 Å². The maximum atomic E-state index is 12.9. The van der Waals surface area contributed by atoms with E-state index in [1.807, 2.05) is 13.8 Å². The maximum Gasteiger partial charge on any atom is 0.256 e. The fourth-order valence-corrected chi connectivity index (χ4v) is 2.52. The van der Waals surface area contributed by atoms with Gasteiger partial charge in [0.25, 0.3) is 5.22 Å². The van der Waals surface area contributed by atoms with Crippen molar-refractivity contribution in [2.75, 3.05) is 0 Å². The van der Waals surface area contributed by atoms with Crippen molar-refractivity contribution in [3.05, 3.63) is 53.6 Å². The lowest BCUT2D eigenvalue weighted by Gasteiger charge is -1.95. The van der Waals surface area contributed by atoms with Crippen LogP contribution in [0.3, 0.4) is 0 Å². The molecule has 0 fully saturated rings. The fourth-order valence-electron chi connectivity index (χ4n) is 1.75. The highest BCUT2D eigenvalue weighted by atomic mass is 32.2. The summed E-state index contributed by atoms with van der Waals surface area (Å²) in [4.78, 5) is 8.49. The van der Waals surface area contributed by atoms with Crippen LogP contribution in [0.5, 0.6) is 0 Å². The molecule has 0 unspecified atom stereocenters. The number of benzene rings is 1. The van der Waals surface area contributed by atoms with Crippen molar-refractivity contribution < 1.29 is 13.2 Å². The zero-order valence-electron chi connectivity index (χ0n) is 11.6. The predicted molar refractivity (Wildman–Crippen MR) is 77.4 cm³/mol. The van der Waals surface area contributed by atoms with E-state index in [1.54, 1.807) is 18.3 Å². The molecule has 2 heterocycles. The number of hydrogen-bond acceptors (Lipinski definition) is 5. The Balaban J connectivity index is 1.69. The average molecular weight is 304 g/mol. The van der Waals surface area contributed by atoms with E-state index < -0.39 is 0 Å².